The van der Waals surface area contributed by atoms with Crippen molar-refractivity contribution in [2.75, 3.05) is 13.6 Å². The molecular weight excluding hydrogens is 386 g/mol. The van der Waals surface area contributed by atoms with Gasteiger partial charge in [0.05, 0.1) is 0 Å². The van der Waals surface area contributed by atoms with E-state index in [-0.39, 0.29) is 5.56 Å². The van der Waals surface area contributed by atoms with E-state index in [2.05, 4.69) is 16.0 Å². The average Bonchev–Trinajstić information content (AvgIpc) is 2.92. The van der Waals surface area contributed by atoms with E-state index in [0.717, 1.165) is 36.3 Å². The standard InChI is InChI=1S/C19H22F2N4O4/c1-22-16(27)15(11-5-6-12(20)13(21)9-11)23-14(26)10-25-17(28)19(24-18(25)29)7-3-2-4-8-19/h5-6,9,15H,2-4,7-8,10H2,1H3,(H,22,27)(H,23,26)(H,24,29). The van der Waals surface area contributed by atoms with Crippen molar-refractivity contribution in [1.29, 1.82) is 0 Å². The molecule has 29 heavy (non-hydrogen) atoms. The van der Waals surface area contributed by atoms with E-state index < -0.39 is 53.5 Å². The highest BCUT2D eigenvalue weighted by atomic mass is 19.2. The predicted octanol–water partition coefficient (Wildman–Crippen LogP) is 1.12. The fourth-order valence-corrected chi connectivity index (χ4v) is 3.80. The summed E-state index contributed by atoms with van der Waals surface area (Å²) in [5, 5.41) is 7.40. The van der Waals surface area contributed by atoms with Crippen molar-refractivity contribution in [3.8, 4) is 0 Å². The minimum Gasteiger partial charge on any atom is -0.357 e. The van der Waals surface area contributed by atoms with Crippen LogP contribution in [0.2, 0.25) is 0 Å². The van der Waals surface area contributed by atoms with Crippen molar-refractivity contribution in [2.45, 2.75) is 43.7 Å². The molecular formula is C19H22F2N4O4. The summed E-state index contributed by atoms with van der Waals surface area (Å²) < 4.78 is 26.7. The van der Waals surface area contributed by atoms with Crippen molar-refractivity contribution in [1.82, 2.24) is 20.9 Å². The van der Waals surface area contributed by atoms with Gasteiger partial charge in [-0.15, -0.1) is 0 Å². The van der Waals surface area contributed by atoms with Gasteiger partial charge in [-0.2, -0.15) is 0 Å². The summed E-state index contributed by atoms with van der Waals surface area (Å²) in [6.07, 6.45) is 3.63. The summed E-state index contributed by atoms with van der Waals surface area (Å²) >= 11 is 0. The molecule has 156 valence electrons. The molecule has 5 amide bonds. The van der Waals surface area contributed by atoms with Crippen LogP contribution in [0, 0.1) is 11.6 Å². The van der Waals surface area contributed by atoms with E-state index >= 15 is 0 Å². The minimum atomic E-state index is -1.31. The summed E-state index contributed by atoms with van der Waals surface area (Å²) in [5.74, 6) is -4.15. The molecule has 1 saturated heterocycles. The molecule has 1 aromatic rings. The molecule has 1 aliphatic carbocycles. The zero-order valence-corrected chi connectivity index (χ0v) is 15.9. The highest BCUT2D eigenvalue weighted by Gasteiger charge is 2.51. The highest BCUT2D eigenvalue weighted by molar-refractivity contribution is 6.09. The largest absolute Gasteiger partial charge is 0.357 e. The van der Waals surface area contributed by atoms with Crippen LogP contribution in [0.3, 0.4) is 0 Å². The van der Waals surface area contributed by atoms with Gasteiger partial charge in [-0.3, -0.25) is 19.3 Å². The maximum Gasteiger partial charge on any atom is 0.325 e. The highest BCUT2D eigenvalue weighted by Crippen LogP contribution is 2.33. The first-order chi connectivity index (χ1) is 13.8. The zero-order valence-electron chi connectivity index (χ0n) is 15.9. The number of likely N-dealkylation sites (N-methyl/N-ethyl adjacent to an activating group) is 1. The molecule has 0 bridgehead atoms. The zero-order chi connectivity index (χ0) is 21.2. The van der Waals surface area contributed by atoms with Gasteiger partial charge in [0.2, 0.25) is 11.8 Å². The second-order valence-electron chi connectivity index (χ2n) is 7.25. The van der Waals surface area contributed by atoms with Crippen LogP contribution < -0.4 is 16.0 Å². The summed E-state index contributed by atoms with van der Waals surface area (Å²) in [4.78, 5) is 50.5. The number of amides is 5. The number of carbonyl (C=O) groups is 4. The molecule has 0 radical (unpaired) electrons. The number of nitrogens with one attached hydrogen (secondary N) is 3. The van der Waals surface area contributed by atoms with Crippen LogP contribution in [-0.2, 0) is 14.4 Å². The second-order valence-corrected chi connectivity index (χ2v) is 7.25. The fourth-order valence-electron chi connectivity index (χ4n) is 3.80. The SMILES string of the molecule is CNC(=O)C(NC(=O)CN1C(=O)NC2(CCCCC2)C1=O)c1ccc(F)c(F)c1. The Balaban J connectivity index is 1.73. The summed E-state index contributed by atoms with van der Waals surface area (Å²) in [5.41, 5.74) is -0.937. The Kier molecular flexibility index (Phi) is 5.81. The molecule has 1 spiro atoms. The van der Waals surface area contributed by atoms with Gasteiger partial charge < -0.3 is 16.0 Å². The van der Waals surface area contributed by atoms with Gasteiger partial charge in [0, 0.05) is 7.05 Å². The third-order valence-electron chi connectivity index (χ3n) is 5.35. The lowest BCUT2D eigenvalue weighted by Crippen LogP contribution is -2.49. The number of urea groups is 1. The van der Waals surface area contributed by atoms with Crippen molar-refractivity contribution >= 4 is 23.8 Å². The van der Waals surface area contributed by atoms with Crippen LogP contribution in [0.4, 0.5) is 13.6 Å². The predicted molar refractivity (Wildman–Crippen MR) is 97.4 cm³/mol. The van der Waals surface area contributed by atoms with Gasteiger partial charge in [0.15, 0.2) is 11.6 Å². The van der Waals surface area contributed by atoms with Gasteiger partial charge in [0.25, 0.3) is 5.91 Å². The lowest BCUT2D eigenvalue weighted by Gasteiger charge is -2.30. The van der Waals surface area contributed by atoms with Crippen LogP contribution in [0.15, 0.2) is 18.2 Å². The third kappa shape index (κ3) is 4.06. The van der Waals surface area contributed by atoms with Gasteiger partial charge in [-0.1, -0.05) is 25.3 Å². The number of hydrogen-bond acceptors (Lipinski definition) is 4. The van der Waals surface area contributed by atoms with Gasteiger partial charge in [0.1, 0.15) is 18.1 Å². The summed E-state index contributed by atoms with van der Waals surface area (Å²) in [7, 11) is 1.33. The van der Waals surface area contributed by atoms with Crippen LogP contribution in [0.5, 0.6) is 0 Å². The molecule has 10 heteroatoms. The Morgan fingerprint density at radius 1 is 1.17 bits per heavy atom. The number of rotatable bonds is 5. The van der Waals surface area contributed by atoms with E-state index in [4.69, 9.17) is 0 Å². The van der Waals surface area contributed by atoms with E-state index in [1.165, 1.54) is 13.1 Å². The molecule has 1 atom stereocenters. The van der Waals surface area contributed by atoms with E-state index in [9.17, 15) is 28.0 Å². The molecule has 3 rings (SSSR count). The first-order valence-electron chi connectivity index (χ1n) is 9.37. The fraction of sp³-hybridized carbons (Fsp3) is 0.474. The van der Waals surface area contributed by atoms with Crippen LogP contribution in [0.25, 0.3) is 0 Å². The quantitative estimate of drug-likeness (QED) is 0.635. The molecule has 2 aliphatic rings. The van der Waals surface area contributed by atoms with Gasteiger partial charge in [-0.25, -0.2) is 13.6 Å². The van der Waals surface area contributed by atoms with Crippen molar-refractivity contribution < 1.29 is 28.0 Å². The van der Waals surface area contributed by atoms with Gasteiger partial charge in [-0.05, 0) is 30.5 Å². The monoisotopic (exact) mass is 408 g/mol. The maximum atomic E-state index is 13.6. The lowest BCUT2D eigenvalue weighted by atomic mass is 9.82. The number of imide groups is 1. The third-order valence-corrected chi connectivity index (χ3v) is 5.35. The Morgan fingerprint density at radius 3 is 2.48 bits per heavy atom. The van der Waals surface area contributed by atoms with E-state index in [1.54, 1.807) is 0 Å². The molecule has 1 unspecified atom stereocenters. The molecule has 8 nitrogen and oxygen atoms in total. The van der Waals surface area contributed by atoms with E-state index in [1.807, 2.05) is 0 Å². The van der Waals surface area contributed by atoms with Crippen LogP contribution in [-0.4, -0.2) is 47.8 Å². The molecule has 1 aromatic carbocycles. The number of carbonyl (C=O) groups excluding carboxylic acids is 4. The van der Waals surface area contributed by atoms with Crippen molar-refractivity contribution in [2.24, 2.45) is 0 Å². The number of halogens is 2. The topological polar surface area (TPSA) is 108 Å². The van der Waals surface area contributed by atoms with Gasteiger partial charge >= 0.3 is 6.03 Å². The Labute approximate surface area is 166 Å². The lowest BCUT2D eigenvalue weighted by molar-refractivity contribution is -0.136. The Bertz CT molecular complexity index is 855. The molecule has 2 fully saturated rings. The maximum absolute atomic E-state index is 13.6. The van der Waals surface area contributed by atoms with Crippen molar-refractivity contribution in [3.05, 3.63) is 35.4 Å². The number of hydrogen-bond donors (Lipinski definition) is 3. The molecule has 0 aromatic heterocycles. The van der Waals surface area contributed by atoms with E-state index in [0.29, 0.717) is 12.8 Å². The number of nitrogens with zero attached hydrogens (tertiary/aromatic N) is 1. The Morgan fingerprint density at radius 2 is 1.86 bits per heavy atom. The number of benzene rings is 1. The Hall–Kier alpha value is -3.04. The molecule has 3 N–H and O–H groups in total. The normalized spacial score (nSPS) is 19.1. The first kappa shape index (κ1) is 20.7. The van der Waals surface area contributed by atoms with Crippen LogP contribution in [0.1, 0.15) is 43.7 Å². The summed E-state index contributed by atoms with van der Waals surface area (Å²) in [6, 6.07) is 0.851. The smallest absolute Gasteiger partial charge is 0.325 e. The molecule has 1 heterocycles. The molecule has 1 saturated carbocycles. The van der Waals surface area contributed by atoms with Crippen molar-refractivity contribution in [3.63, 3.8) is 0 Å². The summed E-state index contributed by atoms with van der Waals surface area (Å²) in [6.45, 7) is -0.580. The second kappa shape index (κ2) is 8.14. The minimum absolute atomic E-state index is 0.0255. The molecule has 1 aliphatic heterocycles. The first-order valence-corrected chi connectivity index (χ1v) is 9.37. The van der Waals surface area contributed by atoms with Crippen LogP contribution >= 0.6 is 0 Å². The average molecular weight is 408 g/mol.